The molecule has 37 heavy (non-hydrogen) atoms. The van der Waals surface area contributed by atoms with Gasteiger partial charge in [-0.1, -0.05) is 30.4 Å². The highest BCUT2D eigenvalue weighted by molar-refractivity contribution is 9.13. The third-order valence-electron chi connectivity index (χ3n) is 6.98. The number of fused-ring (bicyclic) bond motifs is 5. The number of carbonyl (C=O) groups is 3. The van der Waals surface area contributed by atoms with Gasteiger partial charge in [0.15, 0.2) is 18.1 Å². The second kappa shape index (κ2) is 10.4. The first kappa shape index (κ1) is 25.7. The van der Waals surface area contributed by atoms with E-state index < -0.39 is 0 Å². The van der Waals surface area contributed by atoms with Crippen molar-refractivity contribution in [1.82, 2.24) is 5.01 Å². The zero-order valence-electron chi connectivity index (χ0n) is 20.2. The molecule has 5 rings (SSSR count). The quantitative estimate of drug-likeness (QED) is 0.249. The number of rotatable bonds is 8. The van der Waals surface area contributed by atoms with E-state index in [1.807, 2.05) is 50.3 Å². The van der Waals surface area contributed by atoms with E-state index in [1.165, 1.54) is 6.21 Å². The fourth-order valence-corrected chi connectivity index (χ4v) is 6.19. The Morgan fingerprint density at radius 2 is 1.78 bits per heavy atom. The van der Waals surface area contributed by atoms with E-state index in [-0.39, 0.29) is 48.0 Å². The van der Waals surface area contributed by atoms with Crippen LogP contribution in [-0.4, -0.2) is 42.2 Å². The zero-order chi connectivity index (χ0) is 26.3. The molecule has 1 saturated heterocycles. The Morgan fingerprint density at radius 3 is 2.43 bits per heavy atom. The van der Waals surface area contributed by atoms with Gasteiger partial charge < -0.3 is 14.8 Å². The molecular formula is C27H25Br2N3O5. The van der Waals surface area contributed by atoms with E-state index in [0.29, 0.717) is 38.3 Å². The molecule has 4 atom stereocenters. The first-order chi connectivity index (χ1) is 17.8. The molecule has 10 heteroatoms. The van der Waals surface area contributed by atoms with Crippen LogP contribution in [-0.2, 0) is 14.4 Å². The van der Waals surface area contributed by atoms with Crippen LogP contribution in [0.25, 0.3) is 0 Å². The molecule has 2 aromatic carbocycles. The van der Waals surface area contributed by atoms with Gasteiger partial charge in [0.1, 0.15) is 0 Å². The molecule has 3 aliphatic rings. The van der Waals surface area contributed by atoms with Crippen LogP contribution in [0.3, 0.4) is 0 Å². The minimum absolute atomic E-state index is 0.122. The third kappa shape index (κ3) is 4.72. The zero-order valence-corrected chi connectivity index (χ0v) is 23.4. The number of hydrogen-bond acceptors (Lipinski definition) is 6. The summed E-state index contributed by atoms with van der Waals surface area (Å²) in [5.74, 6) is -0.451. The van der Waals surface area contributed by atoms with E-state index in [1.54, 1.807) is 6.07 Å². The van der Waals surface area contributed by atoms with Crippen molar-refractivity contribution in [2.75, 3.05) is 18.5 Å². The minimum Gasteiger partial charge on any atom is -0.490 e. The predicted molar refractivity (Wildman–Crippen MR) is 145 cm³/mol. The third-order valence-corrected chi connectivity index (χ3v) is 9.12. The Bertz CT molecular complexity index is 1310. The minimum atomic E-state index is -0.314. The molecule has 1 N–H and O–H groups in total. The Kier molecular flexibility index (Phi) is 7.22. The number of hydrazone groups is 1. The Labute approximate surface area is 231 Å². The number of aryl methyl sites for hydroxylation is 1. The lowest BCUT2D eigenvalue weighted by atomic mass is 9.85. The maximum atomic E-state index is 12.9. The highest BCUT2D eigenvalue weighted by atomic mass is 79.9. The van der Waals surface area contributed by atoms with Gasteiger partial charge in [0.05, 0.1) is 29.1 Å². The predicted octanol–water partition coefficient (Wildman–Crippen LogP) is 5.08. The number of nitrogens with one attached hydrogen (secondary N) is 1. The van der Waals surface area contributed by atoms with Crippen LogP contribution in [0.4, 0.5) is 5.69 Å². The smallest absolute Gasteiger partial charge is 0.262 e. The van der Waals surface area contributed by atoms with E-state index >= 15 is 0 Å². The molecule has 3 amide bonds. The van der Waals surface area contributed by atoms with Gasteiger partial charge in [0.25, 0.3) is 17.7 Å². The van der Waals surface area contributed by atoms with Crippen LogP contribution >= 0.6 is 31.9 Å². The molecule has 192 valence electrons. The van der Waals surface area contributed by atoms with Crippen molar-refractivity contribution in [3.8, 4) is 11.5 Å². The van der Waals surface area contributed by atoms with Crippen LogP contribution in [0.5, 0.6) is 11.5 Å². The Morgan fingerprint density at radius 1 is 1.11 bits per heavy atom. The van der Waals surface area contributed by atoms with Crippen molar-refractivity contribution in [1.29, 1.82) is 0 Å². The number of amides is 3. The van der Waals surface area contributed by atoms with E-state index in [2.05, 4.69) is 42.3 Å². The Hall–Kier alpha value is -2.98. The molecule has 2 aromatic rings. The molecule has 2 fully saturated rings. The van der Waals surface area contributed by atoms with Gasteiger partial charge in [-0.25, -0.2) is 0 Å². The molecule has 2 aliphatic carbocycles. The number of allylic oxidation sites excluding steroid dienone is 2. The molecular weight excluding hydrogens is 606 g/mol. The summed E-state index contributed by atoms with van der Waals surface area (Å²) in [4.78, 5) is 38.4. The summed E-state index contributed by atoms with van der Waals surface area (Å²) >= 11 is 7.05. The van der Waals surface area contributed by atoms with Crippen LogP contribution in [0.2, 0.25) is 0 Å². The summed E-state index contributed by atoms with van der Waals surface area (Å²) in [6, 6.07) is 9.17. The highest BCUT2D eigenvalue weighted by Gasteiger charge is 2.59. The van der Waals surface area contributed by atoms with E-state index in [9.17, 15) is 14.4 Å². The highest BCUT2D eigenvalue weighted by Crippen LogP contribution is 2.52. The largest absolute Gasteiger partial charge is 0.490 e. The van der Waals surface area contributed by atoms with Crippen LogP contribution in [0.1, 0.15) is 24.5 Å². The number of halogens is 2. The summed E-state index contributed by atoms with van der Waals surface area (Å²) in [6.07, 6.45) is 6.42. The number of carbonyl (C=O) groups excluding carboxylic acids is 3. The van der Waals surface area contributed by atoms with Gasteiger partial charge >= 0.3 is 0 Å². The maximum Gasteiger partial charge on any atom is 0.262 e. The van der Waals surface area contributed by atoms with Crippen LogP contribution in [0, 0.1) is 30.6 Å². The monoisotopic (exact) mass is 629 g/mol. The van der Waals surface area contributed by atoms with Crippen molar-refractivity contribution in [2.45, 2.75) is 20.3 Å². The average Bonchev–Trinajstić information content (AvgIpc) is 3.56. The second-order valence-electron chi connectivity index (χ2n) is 9.24. The topological polar surface area (TPSA) is 97.3 Å². The lowest BCUT2D eigenvalue weighted by molar-refractivity contribution is -0.140. The van der Waals surface area contributed by atoms with Crippen LogP contribution in [0.15, 0.2) is 56.5 Å². The molecule has 0 radical (unpaired) electrons. The summed E-state index contributed by atoms with van der Waals surface area (Å²) in [6.45, 7) is 3.87. The number of ether oxygens (including phenoxy) is 2. The van der Waals surface area contributed by atoms with Crippen molar-refractivity contribution in [3.63, 3.8) is 0 Å². The van der Waals surface area contributed by atoms with Gasteiger partial charge in [-0.3, -0.25) is 14.4 Å². The van der Waals surface area contributed by atoms with Gasteiger partial charge in [0.2, 0.25) is 0 Å². The molecule has 0 aromatic heterocycles. The fraction of sp³-hybridized carbons (Fsp3) is 0.333. The van der Waals surface area contributed by atoms with Gasteiger partial charge in [-0.05, 0) is 81.7 Å². The average molecular weight is 631 g/mol. The molecule has 1 aliphatic heterocycles. The van der Waals surface area contributed by atoms with Crippen molar-refractivity contribution in [3.05, 3.63) is 62.6 Å². The SMILES string of the molecule is CCOc1cc(C=NN2C(=O)[C@@H]3[C@H](C2=O)[C@H]2C=C[C@H]3C2)c(Br)c(Br)c1OCC(=O)Nc1ccccc1C. The van der Waals surface area contributed by atoms with Crippen LogP contribution < -0.4 is 14.8 Å². The molecule has 1 heterocycles. The molecule has 0 spiro atoms. The molecule has 0 unspecified atom stereocenters. The van der Waals surface area contributed by atoms with Crippen molar-refractivity contribution in [2.24, 2.45) is 28.8 Å². The molecule has 1 saturated carbocycles. The number of hydrogen-bond donors (Lipinski definition) is 1. The first-order valence-corrected chi connectivity index (χ1v) is 13.6. The number of imide groups is 1. The lowest BCUT2D eigenvalue weighted by Crippen LogP contribution is -2.28. The lowest BCUT2D eigenvalue weighted by Gasteiger charge is -2.17. The van der Waals surface area contributed by atoms with E-state index in [0.717, 1.165) is 17.0 Å². The standard InChI is InChI=1S/C27H25Br2N3O5/c1-3-36-19-11-17(12-30-32-26(34)21-15-8-9-16(10-15)22(21)27(32)35)23(28)24(29)25(19)37-13-20(33)31-18-7-5-4-6-14(18)2/h4-9,11-12,15-16,21-22H,3,10,13H2,1-2H3,(H,31,33)/t15-,16-,21-,22+/m0/s1. The summed E-state index contributed by atoms with van der Waals surface area (Å²) < 4.78 is 12.7. The van der Waals surface area contributed by atoms with Crippen molar-refractivity contribution < 1.29 is 23.9 Å². The molecule has 8 nitrogen and oxygen atoms in total. The van der Waals surface area contributed by atoms with Gasteiger partial charge in [-0.2, -0.15) is 10.1 Å². The summed E-state index contributed by atoms with van der Waals surface area (Å²) in [5.41, 5.74) is 2.23. The first-order valence-electron chi connectivity index (χ1n) is 12.0. The van der Waals surface area contributed by atoms with Gasteiger partial charge in [-0.15, -0.1) is 0 Å². The summed E-state index contributed by atoms with van der Waals surface area (Å²) in [7, 11) is 0. The summed E-state index contributed by atoms with van der Waals surface area (Å²) in [5, 5.41) is 8.11. The van der Waals surface area contributed by atoms with Crippen molar-refractivity contribution >= 4 is 61.5 Å². The number of para-hydroxylation sites is 1. The second-order valence-corrected chi connectivity index (χ2v) is 10.8. The van der Waals surface area contributed by atoms with E-state index in [4.69, 9.17) is 9.47 Å². The van der Waals surface area contributed by atoms with Gasteiger partial charge in [0, 0.05) is 15.7 Å². The maximum absolute atomic E-state index is 12.9. The normalized spacial score (nSPS) is 23.7. The fourth-order valence-electron chi connectivity index (χ4n) is 5.25. The molecule has 2 bridgehead atoms. The number of anilines is 1. The number of benzene rings is 2. The Balaban J connectivity index is 1.33. The number of nitrogens with zero attached hydrogens (tertiary/aromatic N) is 2.